The number of benzene rings is 2. The molecule has 6 unspecified atom stereocenters. The zero-order chi connectivity index (χ0) is 38.8. The normalized spacial score (nSPS) is 22.2. The quantitative estimate of drug-likeness (QED) is 0.0898. The maximum absolute atomic E-state index is 13.2. The van der Waals surface area contributed by atoms with E-state index in [0.717, 1.165) is 30.4 Å². The molecule has 0 bridgehead atoms. The summed E-state index contributed by atoms with van der Waals surface area (Å²) in [6.45, 7) is 2.41. The molecular weight excluding hydrogens is 694 g/mol. The molecule has 1 saturated heterocycles. The lowest BCUT2D eigenvalue weighted by atomic mass is 9.62. The van der Waals surface area contributed by atoms with E-state index in [0.29, 0.717) is 62.2 Å². The van der Waals surface area contributed by atoms with Crippen LogP contribution in [0.15, 0.2) is 48.7 Å². The van der Waals surface area contributed by atoms with Crippen molar-refractivity contribution in [1.29, 1.82) is 0 Å². The molecule has 1 aliphatic carbocycles. The lowest BCUT2D eigenvalue weighted by Crippen LogP contribution is -2.53. The van der Waals surface area contributed by atoms with Crippen LogP contribution >= 0.6 is 0 Å². The van der Waals surface area contributed by atoms with Gasteiger partial charge in [0.15, 0.2) is 23.0 Å². The van der Waals surface area contributed by atoms with Gasteiger partial charge in [-0.05, 0) is 110 Å². The number of methoxy groups -OCH3 is 2. The zero-order valence-electron chi connectivity index (χ0n) is 31.6. The number of hydrogen-bond donors (Lipinski definition) is 7. The fraction of sp³-hybridized carbons (Fsp3) is 0.561. The summed E-state index contributed by atoms with van der Waals surface area (Å²) in [6, 6.07) is 11.8. The minimum Gasteiger partial charge on any atom is -0.504 e. The van der Waals surface area contributed by atoms with Gasteiger partial charge in [0.2, 0.25) is 5.75 Å². The smallest absolute Gasteiger partial charge is 0.309 e. The molecule has 296 valence electrons. The fourth-order valence-electron chi connectivity index (χ4n) is 8.53. The van der Waals surface area contributed by atoms with Crippen molar-refractivity contribution in [2.45, 2.75) is 95.5 Å². The summed E-state index contributed by atoms with van der Waals surface area (Å²) < 4.78 is 24.0. The maximum Gasteiger partial charge on any atom is 0.309 e. The van der Waals surface area contributed by atoms with Crippen LogP contribution in [-0.2, 0) is 22.4 Å². The second-order valence-corrected chi connectivity index (χ2v) is 14.7. The van der Waals surface area contributed by atoms with Gasteiger partial charge in [-0.15, -0.1) is 0 Å². The van der Waals surface area contributed by atoms with Crippen molar-refractivity contribution in [3.8, 4) is 28.7 Å². The van der Waals surface area contributed by atoms with E-state index in [9.17, 15) is 30.3 Å². The molecule has 0 amide bonds. The van der Waals surface area contributed by atoms with E-state index >= 15 is 0 Å². The number of phenols is 2. The summed E-state index contributed by atoms with van der Waals surface area (Å²) in [4.78, 5) is 17.3. The van der Waals surface area contributed by atoms with Gasteiger partial charge in [-0.25, -0.2) is 4.98 Å². The number of aryl methyl sites for hydroxylation is 1. The molecule has 2 fully saturated rings. The molecule has 1 saturated carbocycles. The number of nitrogens with two attached hydrogens (primary N) is 1. The number of pyridine rings is 1. The Labute approximate surface area is 317 Å². The number of nitrogen functional groups attached to an aromatic ring is 1. The lowest BCUT2D eigenvalue weighted by Gasteiger charge is -2.44. The molecule has 2 aliphatic rings. The van der Waals surface area contributed by atoms with Crippen LogP contribution in [0.2, 0.25) is 0 Å². The lowest BCUT2D eigenvalue weighted by molar-refractivity contribution is -0.157. The molecular formula is C41H57N3O10. The highest BCUT2D eigenvalue weighted by atomic mass is 16.5. The highest BCUT2D eigenvalue weighted by Crippen LogP contribution is 2.48. The number of aliphatic carboxylic acids is 1. The van der Waals surface area contributed by atoms with E-state index < -0.39 is 35.6 Å². The van der Waals surface area contributed by atoms with Gasteiger partial charge in [-0.2, -0.15) is 0 Å². The van der Waals surface area contributed by atoms with Crippen molar-refractivity contribution in [2.75, 3.05) is 39.7 Å². The molecule has 2 aromatic carbocycles. The number of carbonyl (C=O) groups is 1. The predicted octanol–water partition coefficient (Wildman–Crippen LogP) is 5.17. The highest BCUT2D eigenvalue weighted by Gasteiger charge is 2.49. The number of hydrogen-bond acceptors (Lipinski definition) is 12. The first-order valence-electron chi connectivity index (χ1n) is 19.0. The molecule has 13 nitrogen and oxygen atoms in total. The van der Waals surface area contributed by atoms with Crippen molar-refractivity contribution in [3.05, 3.63) is 65.4 Å². The maximum atomic E-state index is 13.2. The SMILES string of the molecule is CCNC(COc1cc(C2OC(CCc3ccc(O)c(OC)c3)CC(O)C2CCO)cc(OC)c1O)C(Cc1ccnc(N)c1)C1(C(=O)O)CCCCC1. The van der Waals surface area contributed by atoms with Crippen molar-refractivity contribution in [3.63, 3.8) is 0 Å². The van der Waals surface area contributed by atoms with E-state index in [2.05, 4.69) is 10.3 Å². The number of nitrogens with one attached hydrogen (secondary N) is 1. The number of aromatic hydroxyl groups is 2. The number of aliphatic hydroxyl groups is 2. The van der Waals surface area contributed by atoms with Crippen molar-refractivity contribution >= 4 is 11.8 Å². The highest BCUT2D eigenvalue weighted by molar-refractivity contribution is 5.75. The van der Waals surface area contributed by atoms with Gasteiger partial charge in [0.25, 0.3) is 0 Å². The Kier molecular flexibility index (Phi) is 14.3. The van der Waals surface area contributed by atoms with Crippen LogP contribution in [0, 0.1) is 17.3 Å². The molecule has 6 atom stereocenters. The summed E-state index contributed by atoms with van der Waals surface area (Å²) in [6.07, 6.45) is 5.82. The minimum atomic E-state index is -1.00. The van der Waals surface area contributed by atoms with Gasteiger partial charge >= 0.3 is 5.97 Å². The topological polar surface area (TPSA) is 206 Å². The number of anilines is 1. The number of rotatable bonds is 18. The molecule has 54 heavy (non-hydrogen) atoms. The number of carboxylic acid groups (broad SMARTS) is 1. The van der Waals surface area contributed by atoms with E-state index in [-0.39, 0.29) is 54.7 Å². The van der Waals surface area contributed by atoms with Crippen LogP contribution in [0.4, 0.5) is 5.82 Å². The monoisotopic (exact) mass is 751 g/mol. The standard InChI is InChI=1S/C41H57N3O10/c1-4-43-31(30(18-26-12-16-44-37(42)20-26)41(40(49)50)14-6-5-7-15-41)24-53-36-22-27(21-35(52-3)38(36)48)39-29(13-17-45)33(47)23-28(54-39)10-8-25-9-11-32(46)34(19-25)51-2/h9,11-12,16,19-22,28-31,33,39,43,45-48H,4-8,10,13-15,17-18,23-24H2,1-3H3,(H2,42,44)(H,49,50). The van der Waals surface area contributed by atoms with Crippen LogP contribution < -0.4 is 25.3 Å². The fourth-order valence-corrected chi connectivity index (χ4v) is 8.53. The van der Waals surface area contributed by atoms with Crippen LogP contribution in [0.1, 0.15) is 81.1 Å². The third-order valence-electron chi connectivity index (χ3n) is 11.4. The van der Waals surface area contributed by atoms with Crippen LogP contribution in [0.5, 0.6) is 28.7 Å². The Hall–Kier alpha value is -4.30. The zero-order valence-corrected chi connectivity index (χ0v) is 31.6. The second kappa shape index (κ2) is 18.8. The van der Waals surface area contributed by atoms with Crippen molar-refractivity contribution in [1.82, 2.24) is 10.3 Å². The van der Waals surface area contributed by atoms with E-state index in [1.165, 1.54) is 14.2 Å². The van der Waals surface area contributed by atoms with Gasteiger partial charge in [0, 0.05) is 24.8 Å². The van der Waals surface area contributed by atoms with Crippen LogP contribution in [-0.4, -0.2) is 88.7 Å². The summed E-state index contributed by atoms with van der Waals surface area (Å²) in [5.41, 5.74) is 7.47. The van der Waals surface area contributed by atoms with Crippen LogP contribution in [0.3, 0.4) is 0 Å². The van der Waals surface area contributed by atoms with Crippen molar-refractivity contribution < 1.29 is 49.3 Å². The Balaban J connectivity index is 1.44. The van der Waals surface area contributed by atoms with E-state index in [1.54, 1.807) is 36.5 Å². The molecule has 1 aliphatic heterocycles. The Morgan fingerprint density at radius 1 is 1.02 bits per heavy atom. The van der Waals surface area contributed by atoms with Crippen LogP contribution in [0.25, 0.3) is 0 Å². The molecule has 13 heteroatoms. The van der Waals surface area contributed by atoms with Gasteiger partial charge in [-0.1, -0.05) is 32.3 Å². The number of ether oxygens (including phenoxy) is 4. The first kappa shape index (κ1) is 40.9. The molecule has 2 heterocycles. The number of phenolic OH excluding ortho intramolecular Hbond substituents is 2. The number of nitrogens with zero attached hydrogens (tertiary/aromatic N) is 1. The summed E-state index contributed by atoms with van der Waals surface area (Å²) in [5.74, 6) is -0.798. The third-order valence-corrected chi connectivity index (χ3v) is 11.4. The van der Waals surface area contributed by atoms with Gasteiger partial charge in [-0.3, -0.25) is 4.79 Å². The third kappa shape index (κ3) is 9.49. The molecule has 0 spiro atoms. The number of carboxylic acids is 1. The molecule has 8 N–H and O–H groups in total. The average Bonchev–Trinajstić information content (AvgIpc) is 3.17. The Morgan fingerprint density at radius 2 is 1.76 bits per heavy atom. The van der Waals surface area contributed by atoms with Gasteiger partial charge < -0.3 is 55.5 Å². The second-order valence-electron chi connectivity index (χ2n) is 14.7. The van der Waals surface area contributed by atoms with Crippen molar-refractivity contribution in [2.24, 2.45) is 17.3 Å². The summed E-state index contributed by atoms with van der Waals surface area (Å²) >= 11 is 0. The first-order chi connectivity index (χ1) is 26.0. The molecule has 5 rings (SSSR count). The first-order valence-corrected chi connectivity index (χ1v) is 19.0. The molecule has 1 aromatic heterocycles. The van der Waals surface area contributed by atoms with E-state index in [1.807, 2.05) is 19.1 Å². The molecule has 3 aromatic rings. The predicted molar refractivity (Wildman–Crippen MR) is 203 cm³/mol. The van der Waals surface area contributed by atoms with Gasteiger partial charge in [0.05, 0.1) is 37.9 Å². The molecule has 0 radical (unpaired) electrons. The van der Waals surface area contributed by atoms with E-state index in [4.69, 9.17) is 24.7 Å². The number of likely N-dealkylation sites (N-methyl/N-ethyl adjacent to an activating group) is 1. The minimum absolute atomic E-state index is 0.0429. The summed E-state index contributed by atoms with van der Waals surface area (Å²) in [7, 11) is 2.94. The summed E-state index contributed by atoms with van der Waals surface area (Å²) in [5, 5.41) is 57.0. The number of aliphatic hydroxyl groups excluding tert-OH is 2. The Morgan fingerprint density at radius 3 is 2.43 bits per heavy atom. The Bertz CT molecular complexity index is 1680. The number of aromatic nitrogens is 1. The largest absolute Gasteiger partial charge is 0.504 e. The van der Waals surface area contributed by atoms with Gasteiger partial charge in [0.1, 0.15) is 12.4 Å². The average molecular weight is 752 g/mol.